The molecule has 0 aliphatic carbocycles. The van der Waals surface area contributed by atoms with Gasteiger partial charge in [0, 0.05) is 11.9 Å². The number of anilines is 2. The summed E-state index contributed by atoms with van der Waals surface area (Å²) in [6.07, 6.45) is 1.67. The predicted molar refractivity (Wildman–Crippen MR) is 79.0 cm³/mol. The Hall–Kier alpha value is -2.01. The number of nitrogens with two attached hydrogens (primary N) is 1. The van der Waals surface area contributed by atoms with Crippen molar-refractivity contribution in [1.82, 2.24) is 4.98 Å². The van der Waals surface area contributed by atoms with Crippen molar-refractivity contribution in [3.05, 3.63) is 48.7 Å². The Morgan fingerprint density at radius 1 is 1.26 bits per heavy atom. The molecule has 19 heavy (non-hydrogen) atoms. The van der Waals surface area contributed by atoms with E-state index >= 15 is 0 Å². The number of amides is 1. The smallest absolute Gasteiger partial charge is 0.237 e. The first-order valence-electron chi connectivity index (χ1n) is 5.90. The average molecular weight is 273 g/mol. The van der Waals surface area contributed by atoms with E-state index in [4.69, 9.17) is 5.73 Å². The van der Waals surface area contributed by atoms with Gasteiger partial charge in [-0.1, -0.05) is 30.0 Å². The van der Waals surface area contributed by atoms with Crippen LogP contribution in [0.2, 0.25) is 0 Å². The van der Waals surface area contributed by atoms with Gasteiger partial charge in [-0.3, -0.25) is 4.79 Å². The molecule has 1 heterocycles. The molecular weight excluding hydrogens is 258 g/mol. The molecule has 1 aromatic heterocycles. The lowest BCUT2D eigenvalue weighted by atomic mass is 10.3. The van der Waals surface area contributed by atoms with Gasteiger partial charge in [-0.25, -0.2) is 4.98 Å². The van der Waals surface area contributed by atoms with E-state index in [9.17, 15) is 4.79 Å². The van der Waals surface area contributed by atoms with Crippen LogP contribution in [0.1, 0.15) is 6.92 Å². The van der Waals surface area contributed by atoms with Gasteiger partial charge in [-0.2, -0.15) is 0 Å². The summed E-state index contributed by atoms with van der Waals surface area (Å²) in [4.78, 5) is 16.2. The second-order valence-electron chi connectivity index (χ2n) is 4.01. The highest BCUT2D eigenvalue weighted by Gasteiger charge is 2.16. The lowest BCUT2D eigenvalue weighted by molar-refractivity contribution is -0.115. The summed E-state index contributed by atoms with van der Waals surface area (Å²) in [5.74, 6) is -0.0683. The quantitative estimate of drug-likeness (QED) is 0.841. The molecule has 3 N–H and O–H groups in total. The fourth-order valence-electron chi connectivity index (χ4n) is 1.49. The van der Waals surface area contributed by atoms with Crippen molar-refractivity contribution in [3.63, 3.8) is 0 Å². The average Bonchev–Trinajstić information content (AvgIpc) is 2.42. The molecule has 0 radical (unpaired) electrons. The van der Waals surface area contributed by atoms with Crippen LogP contribution >= 0.6 is 11.8 Å². The Morgan fingerprint density at radius 3 is 2.68 bits per heavy atom. The summed E-state index contributed by atoms with van der Waals surface area (Å²) in [6, 6.07) is 12.9. The summed E-state index contributed by atoms with van der Waals surface area (Å²) < 4.78 is 0. The molecule has 1 aromatic carbocycles. The molecule has 0 aliphatic rings. The Bertz CT molecular complexity index is 560. The molecule has 98 valence electrons. The van der Waals surface area contributed by atoms with Gasteiger partial charge >= 0.3 is 0 Å². The largest absolute Gasteiger partial charge is 0.397 e. The zero-order valence-electron chi connectivity index (χ0n) is 10.5. The maximum absolute atomic E-state index is 12.0. The van der Waals surface area contributed by atoms with Gasteiger partial charge in [0.1, 0.15) is 5.03 Å². The number of rotatable bonds is 4. The van der Waals surface area contributed by atoms with Crippen LogP contribution in [0.3, 0.4) is 0 Å². The number of carbonyl (C=O) groups is 1. The van der Waals surface area contributed by atoms with E-state index in [-0.39, 0.29) is 11.2 Å². The monoisotopic (exact) mass is 273 g/mol. The Morgan fingerprint density at radius 2 is 2.00 bits per heavy atom. The van der Waals surface area contributed by atoms with Crippen LogP contribution in [0.15, 0.2) is 53.7 Å². The number of thioether (sulfide) groups is 1. The third-order valence-corrected chi connectivity index (χ3v) is 3.63. The molecule has 0 bridgehead atoms. The molecule has 0 aliphatic heterocycles. The Kier molecular flexibility index (Phi) is 4.41. The number of nitrogens with one attached hydrogen (secondary N) is 1. The van der Waals surface area contributed by atoms with E-state index in [1.165, 1.54) is 11.8 Å². The number of carbonyl (C=O) groups excluding carboxylic acids is 1. The topological polar surface area (TPSA) is 68.0 Å². The molecule has 1 amide bonds. The Balaban J connectivity index is 1.98. The van der Waals surface area contributed by atoms with E-state index in [0.717, 1.165) is 5.69 Å². The number of hydrogen-bond acceptors (Lipinski definition) is 4. The van der Waals surface area contributed by atoms with Crippen molar-refractivity contribution in [2.24, 2.45) is 0 Å². The maximum atomic E-state index is 12.0. The molecule has 0 saturated heterocycles. The van der Waals surface area contributed by atoms with Gasteiger partial charge in [0.15, 0.2) is 0 Å². The van der Waals surface area contributed by atoms with Crippen molar-refractivity contribution < 1.29 is 4.79 Å². The normalized spacial score (nSPS) is 11.8. The van der Waals surface area contributed by atoms with Gasteiger partial charge in [-0.15, -0.1) is 0 Å². The molecule has 2 rings (SSSR count). The molecular formula is C14H15N3OS. The first-order chi connectivity index (χ1) is 9.16. The van der Waals surface area contributed by atoms with Crippen LogP contribution in [0.4, 0.5) is 11.4 Å². The van der Waals surface area contributed by atoms with Crippen LogP contribution < -0.4 is 11.1 Å². The molecule has 4 nitrogen and oxygen atoms in total. The molecule has 5 heteroatoms. The maximum Gasteiger partial charge on any atom is 0.237 e. The zero-order valence-corrected chi connectivity index (χ0v) is 11.4. The molecule has 0 fully saturated rings. The lowest BCUT2D eigenvalue weighted by Crippen LogP contribution is -2.22. The molecule has 2 aromatic rings. The second kappa shape index (κ2) is 6.24. The van der Waals surface area contributed by atoms with Gasteiger partial charge in [0.25, 0.3) is 0 Å². The number of para-hydroxylation sites is 1. The molecule has 0 spiro atoms. The highest BCUT2D eigenvalue weighted by atomic mass is 32.2. The van der Waals surface area contributed by atoms with Crippen LogP contribution in [0, 0.1) is 0 Å². The fraction of sp³-hybridized carbons (Fsp3) is 0.143. The highest BCUT2D eigenvalue weighted by Crippen LogP contribution is 2.26. The highest BCUT2D eigenvalue weighted by molar-refractivity contribution is 8.00. The number of aromatic nitrogens is 1. The zero-order chi connectivity index (χ0) is 13.7. The van der Waals surface area contributed by atoms with Crippen LogP contribution in [0.25, 0.3) is 0 Å². The summed E-state index contributed by atoms with van der Waals surface area (Å²) in [6.45, 7) is 1.83. The minimum absolute atomic E-state index is 0.0683. The number of nitrogens with zero attached hydrogens (tertiary/aromatic N) is 1. The molecule has 1 unspecified atom stereocenters. The first kappa shape index (κ1) is 13.4. The number of pyridine rings is 1. The predicted octanol–water partition coefficient (Wildman–Crippen LogP) is 2.78. The van der Waals surface area contributed by atoms with E-state index < -0.39 is 0 Å². The third-order valence-electron chi connectivity index (χ3n) is 2.50. The van der Waals surface area contributed by atoms with E-state index in [2.05, 4.69) is 10.3 Å². The van der Waals surface area contributed by atoms with E-state index in [1.807, 2.05) is 37.3 Å². The summed E-state index contributed by atoms with van der Waals surface area (Å²) in [7, 11) is 0. The summed E-state index contributed by atoms with van der Waals surface area (Å²) in [5.41, 5.74) is 7.18. The second-order valence-corrected chi connectivity index (χ2v) is 5.34. The summed E-state index contributed by atoms with van der Waals surface area (Å²) >= 11 is 1.35. The van der Waals surface area contributed by atoms with Gasteiger partial charge in [-0.05, 0) is 31.2 Å². The van der Waals surface area contributed by atoms with Crippen LogP contribution in [0.5, 0.6) is 0 Å². The minimum Gasteiger partial charge on any atom is -0.397 e. The van der Waals surface area contributed by atoms with E-state index in [0.29, 0.717) is 10.7 Å². The number of benzene rings is 1. The third kappa shape index (κ3) is 3.72. The van der Waals surface area contributed by atoms with Gasteiger partial charge in [0.2, 0.25) is 5.91 Å². The lowest BCUT2D eigenvalue weighted by Gasteiger charge is -2.12. The van der Waals surface area contributed by atoms with Gasteiger partial charge < -0.3 is 11.1 Å². The van der Waals surface area contributed by atoms with Gasteiger partial charge in [0.05, 0.1) is 10.9 Å². The first-order valence-corrected chi connectivity index (χ1v) is 6.78. The van der Waals surface area contributed by atoms with E-state index in [1.54, 1.807) is 18.3 Å². The Labute approximate surface area is 116 Å². The van der Waals surface area contributed by atoms with Crippen LogP contribution in [-0.2, 0) is 4.79 Å². The van der Waals surface area contributed by atoms with Crippen molar-refractivity contribution >= 4 is 29.0 Å². The molecule has 1 atom stereocenters. The fourth-order valence-corrected chi connectivity index (χ4v) is 2.31. The number of nitrogen functional groups attached to an aromatic ring is 1. The molecule has 0 saturated carbocycles. The van der Waals surface area contributed by atoms with Crippen molar-refractivity contribution in [2.45, 2.75) is 17.2 Å². The minimum atomic E-state index is -0.266. The SMILES string of the molecule is CC(Sc1ncccc1N)C(=O)Nc1ccccc1. The number of hydrogen-bond donors (Lipinski definition) is 2. The van der Waals surface area contributed by atoms with Crippen molar-refractivity contribution in [2.75, 3.05) is 11.1 Å². The van der Waals surface area contributed by atoms with Crippen LogP contribution in [-0.4, -0.2) is 16.1 Å². The summed E-state index contributed by atoms with van der Waals surface area (Å²) in [5, 5.41) is 3.27. The van der Waals surface area contributed by atoms with Crippen molar-refractivity contribution in [1.29, 1.82) is 0 Å². The van der Waals surface area contributed by atoms with Crippen molar-refractivity contribution in [3.8, 4) is 0 Å². The standard InChI is InChI=1S/C14H15N3OS/c1-10(19-14-12(15)8-5-9-16-14)13(18)17-11-6-3-2-4-7-11/h2-10H,15H2,1H3,(H,17,18).